The number of nitrogens with zero attached hydrogens (tertiary/aromatic N) is 1. The third-order valence-corrected chi connectivity index (χ3v) is 1.88. The van der Waals surface area contributed by atoms with E-state index in [2.05, 4.69) is 5.32 Å². The maximum atomic E-state index is 10.7. The molecule has 0 atom stereocenters. The molecule has 0 spiro atoms. The molecule has 5 nitrogen and oxygen atoms in total. The second kappa shape index (κ2) is 4.54. The van der Waals surface area contributed by atoms with E-state index in [0.717, 1.165) is 5.56 Å². The Balaban J connectivity index is 2.95. The molecule has 1 rings (SSSR count). The van der Waals surface area contributed by atoms with Crippen LogP contribution in [-0.4, -0.2) is 17.3 Å². The molecule has 5 heteroatoms. The fourth-order valence-corrected chi connectivity index (χ4v) is 1.16. The SMILES string of the molecule is CC(=O)CNc1ccc(C)cc1[N+](=O)[O-]. The van der Waals surface area contributed by atoms with Crippen LogP contribution in [0.15, 0.2) is 18.2 Å². The Morgan fingerprint density at radius 3 is 2.73 bits per heavy atom. The molecule has 1 aromatic rings. The Bertz CT molecular complexity index is 402. The van der Waals surface area contributed by atoms with Crippen molar-refractivity contribution in [3.05, 3.63) is 33.9 Å². The molecular weight excluding hydrogens is 196 g/mol. The van der Waals surface area contributed by atoms with Crippen LogP contribution in [0.2, 0.25) is 0 Å². The highest BCUT2D eigenvalue weighted by molar-refractivity contribution is 5.81. The van der Waals surface area contributed by atoms with E-state index in [1.165, 1.54) is 13.0 Å². The van der Waals surface area contributed by atoms with Crippen LogP contribution in [0.3, 0.4) is 0 Å². The normalized spacial score (nSPS) is 9.73. The molecule has 0 aromatic heterocycles. The zero-order chi connectivity index (χ0) is 11.4. The molecule has 0 aliphatic carbocycles. The van der Waals surface area contributed by atoms with Gasteiger partial charge in [-0.2, -0.15) is 0 Å². The quantitative estimate of drug-likeness (QED) is 0.606. The number of carbonyl (C=O) groups is 1. The fraction of sp³-hybridized carbons (Fsp3) is 0.300. The molecule has 0 fully saturated rings. The van der Waals surface area contributed by atoms with E-state index in [-0.39, 0.29) is 18.0 Å². The molecule has 15 heavy (non-hydrogen) atoms. The number of rotatable bonds is 4. The first-order chi connectivity index (χ1) is 7.00. The van der Waals surface area contributed by atoms with Gasteiger partial charge in [0, 0.05) is 6.07 Å². The molecule has 0 bridgehead atoms. The Morgan fingerprint density at radius 1 is 1.53 bits per heavy atom. The smallest absolute Gasteiger partial charge is 0.292 e. The first-order valence-electron chi connectivity index (χ1n) is 4.49. The first-order valence-corrected chi connectivity index (χ1v) is 4.49. The summed E-state index contributed by atoms with van der Waals surface area (Å²) in [5.74, 6) is -0.0649. The molecular formula is C10H12N2O3. The van der Waals surface area contributed by atoms with E-state index in [4.69, 9.17) is 0 Å². The van der Waals surface area contributed by atoms with Gasteiger partial charge in [0.2, 0.25) is 0 Å². The third kappa shape index (κ3) is 3.05. The van der Waals surface area contributed by atoms with Crippen LogP contribution < -0.4 is 5.32 Å². The lowest BCUT2D eigenvalue weighted by molar-refractivity contribution is -0.384. The van der Waals surface area contributed by atoms with Gasteiger partial charge in [0.1, 0.15) is 11.5 Å². The van der Waals surface area contributed by atoms with Crippen molar-refractivity contribution in [2.45, 2.75) is 13.8 Å². The number of nitrogens with one attached hydrogen (secondary N) is 1. The Labute approximate surface area is 87.3 Å². The van der Waals surface area contributed by atoms with E-state index in [0.29, 0.717) is 5.69 Å². The third-order valence-electron chi connectivity index (χ3n) is 1.88. The Morgan fingerprint density at radius 2 is 2.20 bits per heavy atom. The predicted octanol–water partition coefficient (Wildman–Crippen LogP) is 1.90. The highest BCUT2D eigenvalue weighted by atomic mass is 16.6. The molecule has 0 saturated carbocycles. The zero-order valence-corrected chi connectivity index (χ0v) is 8.61. The van der Waals surface area contributed by atoms with E-state index in [1.54, 1.807) is 19.1 Å². The van der Waals surface area contributed by atoms with Gasteiger partial charge in [-0.25, -0.2) is 0 Å². The van der Waals surface area contributed by atoms with Crippen molar-refractivity contribution in [1.29, 1.82) is 0 Å². The number of aryl methyl sites for hydroxylation is 1. The van der Waals surface area contributed by atoms with Crippen LogP contribution >= 0.6 is 0 Å². The lowest BCUT2D eigenvalue weighted by atomic mass is 10.2. The summed E-state index contributed by atoms with van der Waals surface area (Å²) in [5.41, 5.74) is 1.19. The van der Waals surface area contributed by atoms with E-state index < -0.39 is 4.92 Å². The van der Waals surface area contributed by atoms with Crippen LogP contribution in [0.1, 0.15) is 12.5 Å². The Hall–Kier alpha value is -1.91. The Kier molecular flexibility index (Phi) is 3.38. The summed E-state index contributed by atoms with van der Waals surface area (Å²) in [6.45, 7) is 3.30. The van der Waals surface area contributed by atoms with Crippen LogP contribution in [0, 0.1) is 17.0 Å². The molecule has 1 N–H and O–H groups in total. The van der Waals surface area contributed by atoms with Gasteiger partial charge in [-0.15, -0.1) is 0 Å². The maximum Gasteiger partial charge on any atom is 0.292 e. The van der Waals surface area contributed by atoms with Crippen LogP contribution in [0.25, 0.3) is 0 Å². The average Bonchev–Trinajstić information content (AvgIpc) is 2.15. The highest BCUT2D eigenvalue weighted by Gasteiger charge is 2.13. The summed E-state index contributed by atoms with van der Waals surface area (Å²) >= 11 is 0. The second-order valence-electron chi connectivity index (χ2n) is 3.33. The fourth-order valence-electron chi connectivity index (χ4n) is 1.16. The minimum atomic E-state index is -0.463. The number of ketones is 1. The largest absolute Gasteiger partial charge is 0.372 e. The van der Waals surface area contributed by atoms with E-state index in [1.807, 2.05) is 0 Å². The van der Waals surface area contributed by atoms with Crippen LogP contribution in [0.5, 0.6) is 0 Å². The summed E-state index contributed by atoms with van der Waals surface area (Å²) in [6.07, 6.45) is 0. The van der Waals surface area contributed by atoms with Crippen molar-refractivity contribution in [3.63, 3.8) is 0 Å². The second-order valence-corrected chi connectivity index (χ2v) is 3.33. The minimum Gasteiger partial charge on any atom is -0.372 e. The summed E-state index contributed by atoms with van der Waals surface area (Å²) in [6, 6.07) is 4.84. The van der Waals surface area contributed by atoms with Gasteiger partial charge >= 0.3 is 0 Å². The van der Waals surface area contributed by atoms with Gasteiger partial charge in [-0.3, -0.25) is 14.9 Å². The van der Waals surface area contributed by atoms with Crippen LogP contribution in [0.4, 0.5) is 11.4 Å². The molecule has 0 amide bonds. The van der Waals surface area contributed by atoms with Crippen molar-refractivity contribution in [1.82, 2.24) is 0 Å². The summed E-state index contributed by atoms with van der Waals surface area (Å²) in [7, 11) is 0. The minimum absolute atomic E-state index is 0.00347. The van der Waals surface area contributed by atoms with E-state index in [9.17, 15) is 14.9 Å². The van der Waals surface area contributed by atoms with Crippen molar-refractivity contribution >= 4 is 17.2 Å². The van der Waals surface area contributed by atoms with Gasteiger partial charge in [0.25, 0.3) is 5.69 Å². The molecule has 0 saturated heterocycles. The molecule has 0 aliphatic rings. The molecule has 0 radical (unpaired) electrons. The zero-order valence-electron chi connectivity index (χ0n) is 8.61. The number of nitro benzene ring substituents is 1. The van der Waals surface area contributed by atoms with Gasteiger partial charge < -0.3 is 5.32 Å². The van der Waals surface area contributed by atoms with Crippen molar-refractivity contribution < 1.29 is 9.72 Å². The number of Topliss-reactive ketones (excluding diaryl/α,β-unsaturated/α-hetero) is 1. The van der Waals surface area contributed by atoms with Gasteiger partial charge in [-0.05, 0) is 25.5 Å². The van der Waals surface area contributed by atoms with Gasteiger partial charge in [0.05, 0.1) is 11.5 Å². The average molecular weight is 208 g/mol. The number of benzene rings is 1. The van der Waals surface area contributed by atoms with Crippen molar-refractivity contribution in [2.24, 2.45) is 0 Å². The number of anilines is 1. The lowest BCUT2D eigenvalue weighted by Gasteiger charge is -2.05. The number of hydrogen-bond donors (Lipinski definition) is 1. The van der Waals surface area contributed by atoms with Crippen LogP contribution in [-0.2, 0) is 4.79 Å². The maximum absolute atomic E-state index is 10.7. The molecule has 0 unspecified atom stereocenters. The van der Waals surface area contributed by atoms with Crippen molar-refractivity contribution in [3.8, 4) is 0 Å². The van der Waals surface area contributed by atoms with Gasteiger partial charge in [-0.1, -0.05) is 6.07 Å². The summed E-state index contributed by atoms with van der Waals surface area (Å²) < 4.78 is 0. The summed E-state index contributed by atoms with van der Waals surface area (Å²) in [4.78, 5) is 21.0. The van der Waals surface area contributed by atoms with E-state index >= 15 is 0 Å². The topological polar surface area (TPSA) is 72.2 Å². The number of hydrogen-bond acceptors (Lipinski definition) is 4. The monoisotopic (exact) mass is 208 g/mol. The molecule has 80 valence electrons. The molecule has 0 aliphatic heterocycles. The first kappa shape index (κ1) is 11.2. The molecule has 0 heterocycles. The molecule has 1 aromatic carbocycles. The van der Waals surface area contributed by atoms with Crippen molar-refractivity contribution in [2.75, 3.05) is 11.9 Å². The lowest BCUT2D eigenvalue weighted by Crippen LogP contribution is -2.11. The standard InChI is InChI=1S/C10H12N2O3/c1-7-3-4-9(11-6-8(2)13)10(5-7)12(14)15/h3-5,11H,6H2,1-2H3. The number of carbonyl (C=O) groups excluding carboxylic acids is 1. The van der Waals surface area contributed by atoms with Gasteiger partial charge in [0.15, 0.2) is 0 Å². The summed E-state index contributed by atoms with van der Waals surface area (Å²) in [5, 5.41) is 13.4. The predicted molar refractivity (Wildman–Crippen MR) is 57.0 cm³/mol. The number of nitro groups is 1. The highest BCUT2D eigenvalue weighted by Crippen LogP contribution is 2.24.